The Morgan fingerprint density at radius 1 is 0.414 bits per heavy atom. The molecule has 400 valence electrons. The fraction of sp³-hybridized carbons (Fsp3) is 0.672. The summed E-state index contributed by atoms with van der Waals surface area (Å²) in [7, 11) is -4.77. The minimum atomic E-state index is -4.77. The number of hydrogen-bond acceptors (Lipinski definition) is 10. The molecule has 2 N–H and O–H groups in total. The van der Waals surface area contributed by atoms with E-state index >= 15 is 0 Å². The molecular weight excluding hydrogens is 904 g/mol. The van der Waals surface area contributed by atoms with E-state index in [9.17, 15) is 28.9 Å². The second kappa shape index (κ2) is 51.7. The van der Waals surface area contributed by atoms with Crippen LogP contribution in [-0.4, -0.2) is 66.5 Å². The van der Waals surface area contributed by atoms with E-state index in [1.54, 1.807) is 0 Å². The molecule has 70 heavy (non-hydrogen) atoms. The van der Waals surface area contributed by atoms with Gasteiger partial charge >= 0.3 is 25.7 Å². The van der Waals surface area contributed by atoms with Gasteiger partial charge in [-0.1, -0.05) is 182 Å². The van der Waals surface area contributed by atoms with Crippen molar-refractivity contribution in [3.05, 3.63) is 97.2 Å². The Labute approximate surface area is 425 Å². The maximum atomic E-state index is 12.9. The predicted molar refractivity (Wildman–Crippen MR) is 288 cm³/mol. The molecule has 12 heteroatoms. The lowest BCUT2D eigenvalue weighted by Gasteiger charge is -2.21. The van der Waals surface area contributed by atoms with Crippen LogP contribution in [0.25, 0.3) is 0 Å². The molecule has 0 aromatic rings. The lowest BCUT2D eigenvalue weighted by atomic mass is 10.1. The first kappa shape index (κ1) is 66.4. The highest BCUT2D eigenvalue weighted by atomic mass is 31.2. The van der Waals surface area contributed by atoms with Crippen molar-refractivity contribution in [2.75, 3.05) is 26.4 Å². The van der Waals surface area contributed by atoms with E-state index in [-0.39, 0.29) is 25.9 Å². The van der Waals surface area contributed by atoms with Gasteiger partial charge in [0.2, 0.25) is 0 Å². The number of phosphoric ester groups is 1. The van der Waals surface area contributed by atoms with Crippen LogP contribution in [0.2, 0.25) is 0 Å². The molecule has 3 unspecified atom stereocenters. The molecule has 0 aromatic carbocycles. The van der Waals surface area contributed by atoms with Crippen molar-refractivity contribution in [1.82, 2.24) is 0 Å². The van der Waals surface area contributed by atoms with Crippen molar-refractivity contribution in [2.45, 2.75) is 226 Å². The molecule has 3 atom stereocenters. The van der Waals surface area contributed by atoms with Crippen LogP contribution in [0.4, 0.5) is 0 Å². The summed E-state index contributed by atoms with van der Waals surface area (Å²) in [6.45, 7) is 4.35. The van der Waals surface area contributed by atoms with Crippen LogP contribution >= 0.6 is 7.82 Å². The second-order valence-corrected chi connectivity index (χ2v) is 19.1. The minimum absolute atomic E-state index is 0.0826. The van der Waals surface area contributed by atoms with Crippen LogP contribution in [-0.2, 0) is 42.2 Å². The third kappa shape index (κ3) is 49.4. The average molecular weight is 1000 g/mol. The molecule has 0 saturated heterocycles. The summed E-state index contributed by atoms with van der Waals surface area (Å²) in [6.07, 6.45) is 59.5. The molecule has 0 aliphatic rings. The number of aliphatic hydroxyl groups excluding tert-OH is 1. The van der Waals surface area contributed by atoms with Crippen LogP contribution < -0.4 is 0 Å². The molecule has 0 rings (SSSR count). The van der Waals surface area contributed by atoms with Gasteiger partial charge in [-0.25, -0.2) is 4.57 Å². The molecular formula is C58H97O11P. The maximum absolute atomic E-state index is 12.9. The maximum Gasteiger partial charge on any atom is 0.472 e. The summed E-state index contributed by atoms with van der Waals surface area (Å²) in [5, 5.41) is 9.79. The molecule has 0 aliphatic heterocycles. The van der Waals surface area contributed by atoms with Crippen LogP contribution in [0.3, 0.4) is 0 Å². The van der Waals surface area contributed by atoms with Gasteiger partial charge in [0.15, 0.2) is 6.10 Å². The number of carbonyl (C=O) groups excluding carboxylic acids is 3. The van der Waals surface area contributed by atoms with E-state index in [1.807, 2.05) is 12.2 Å². The van der Waals surface area contributed by atoms with Crippen LogP contribution in [0.15, 0.2) is 97.2 Å². The van der Waals surface area contributed by atoms with E-state index in [1.165, 1.54) is 32.1 Å². The number of hydrogen-bond donors (Lipinski definition) is 2. The molecule has 0 aromatic heterocycles. The van der Waals surface area contributed by atoms with Gasteiger partial charge < -0.3 is 24.2 Å². The molecule has 0 radical (unpaired) electrons. The molecule has 0 aliphatic carbocycles. The fourth-order valence-corrected chi connectivity index (χ4v) is 7.60. The summed E-state index contributed by atoms with van der Waals surface area (Å²) < 4.78 is 39.3. The van der Waals surface area contributed by atoms with Crippen molar-refractivity contribution >= 4 is 25.7 Å². The summed E-state index contributed by atoms with van der Waals surface area (Å²) in [4.78, 5) is 48.3. The Balaban J connectivity index is 4.82. The number of aliphatic hydroxyl groups is 1. The molecule has 0 saturated carbocycles. The Morgan fingerprint density at radius 3 is 1.26 bits per heavy atom. The molecule has 0 amide bonds. The number of allylic oxidation sites excluding steroid dienone is 16. The third-order valence-electron chi connectivity index (χ3n) is 11.0. The summed E-state index contributed by atoms with van der Waals surface area (Å²) in [6, 6.07) is 0. The minimum Gasteiger partial charge on any atom is -0.462 e. The third-order valence-corrected chi connectivity index (χ3v) is 11.9. The van der Waals surface area contributed by atoms with Crippen molar-refractivity contribution in [1.29, 1.82) is 0 Å². The van der Waals surface area contributed by atoms with Crippen LogP contribution in [0.1, 0.15) is 213 Å². The zero-order chi connectivity index (χ0) is 51.3. The smallest absolute Gasteiger partial charge is 0.462 e. The van der Waals surface area contributed by atoms with Gasteiger partial charge in [-0.15, -0.1) is 0 Å². The first-order chi connectivity index (χ1) is 34.2. The van der Waals surface area contributed by atoms with E-state index in [2.05, 4.69) is 106 Å². The predicted octanol–water partition coefficient (Wildman–Crippen LogP) is 15.7. The van der Waals surface area contributed by atoms with Gasteiger partial charge in [0.25, 0.3) is 0 Å². The highest BCUT2D eigenvalue weighted by Crippen LogP contribution is 2.43. The monoisotopic (exact) mass is 1000 g/mol. The molecule has 0 spiro atoms. The van der Waals surface area contributed by atoms with Gasteiger partial charge in [-0.2, -0.15) is 0 Å². The molecule has 0 fully saturated rings. The van der Waals surface area contributed by atoms with Crippen LogP contribution in [0.5, 0.6) is 0 Å². The Hall–Kier alpha value is -3.60. The number of phosphoric acid groups is 1. The largest absolute Gasteiger partial charge is 0.472 e. The first-order valence-electron chi connectivity index (χ1n) is 27.1. The molecule has 11 nitrogen and oxygen atoms in total. The van der Waals surface area contributed by atoms with Crippen molar-refractivity contribution in [2.24, 2.45) is 0 Å². The average Bonchev–Trinajstić information content (AvgIpc) is 3.35. The van der Waals surface area contributed by atoms with Gasteiger partial charge in [0.1, 0.15) is 12.7 Å². The first-order valence-corrected chi connectivity index (χ1v) is 28.6. The Morgan fingerprint density at radius 2 is 0.771 bits per heavy atom. The van der Waals surface area contributed by atoms with Crippen molar-refractivity contribution in [3.8, 4) is 0 Å². The van der Waals surface area contributed by atoms with Gasteiger partial charge in [0.05, 0.1) is 19.8 Å². The molecule has 0 heterocycles. The number of unbranched alkanes of at least 4 members (excludes halogenated alkanes) is 16. The summed E-state index contributed by atoms with van der Waals surface area (Å²) in [5.74, 6) is -1.57. The standard InChI is InChI=1S/C58H97O11P/c1-4-7-10-13-16-19-22-24-26-27-29-31-34-37-40-43-46-49-58(62)69-55(51-65-56(60)47-44-41-38-35-32-21-18-15-12-9-6-3)53-67-70(63,64)66-52-54(50-59)68-57(61)48-45-42-39-36-33-30-28-25-23-20-17-14-11-8-5-2/h7,10,15-20,24-26,28-29,31,37,40,54-55,59H,4-6,8-9,11-14,21-23,27,30,32-36,38-39,41-53H2,1-3H3,(H,63,64)/b10-7-,18-15-,19-16-,20-17-,26-24-,28-25-,31-29-,40-37-. The van der Waals surface area contributed by atoms with E-state index in [4.69, 9.17) is 23.3 Å². The zero-order valence-electron chi connectivity index (χ0n) is 43.9. The normalized spacial score (nSPS) is 14.2. The SMILES string of the molecule is CC/C=C\C/C=C\C/C=C\C/C=C\C/C=C\CCCC(=O)OC(COC(=O)CCCCCCC/C=C\CCCC)COP(=O)(O)OCC(CO)OC(=O)CCCCCCC/C=C\C/C=C\CCCCC. The van der Waals surface area contributed by atoms with Gasteiger partial charge in [0, 0.05) is 19.3 Å². The highest BCUT2D eigenvalue weighted by molar-refractivity contribution is 7.47. The van der Waals surface area contributed by atoms with E-state index in [0.717, 1.165) is 116 Å². The fourth-order valence-electron chi connectivity index (χ4n) is 6.81. The van der Waals surface area contributed by atoms with Crippen molar-refractivity contribution in [3.63, 3.8) is 0 Å². The quantitative estimate of drug-likeness (QED) is 0.0197. The molecule has 0 bridgehead atoms. The van der Waals surface area contributed by atoms with E-state index in [0.29, 0.717) is 25.7 Å². The number of esters is 3. The number of rotatable bonds is 49. The zero-order valence-corrected chi connectivity index (χ0v) is 44.8. The van der Waals surface area contributed by atoms with Crippen LogP contribution in [0, 0.1) is 0 Å². The number of ether oxygens (including phenoxy) is 3. The van der Waals surface area contributed by atoms with Crippen molar-refractivity contribution < 1.29 is 52.2 Å². The lowest BCUT2D eigenvalue weighted by molar-refractivity contribution is -0.161. The van der Waals surface area contributed by atoms with E-state index < -0.39 is 57.8 Å². The van der Waals surface area contributed by atoms with Gasteiger partial charge in [-0.05, 0) is 109 Å². The second-order valence-electron chi connectivity index (χ2n) is 17.7. The lowest BCUT2D eigenvalue weighted by Crippen LogP contribution is -2.30. The summed E-state index contributed by atoms with van der Waals surface area (Å²) in [5.41, 5.74) is 0. The van der Waals surface area contributed by atoms with Gasteiger partial charge in [-0.3, -0.25) is 23.4 Å². The number of carbonyl (C=O) groups is 3. The summed E-state index contributed by atoms with van der Waals surface area (Å²) >= 11 is 0. The topological polar surface area (TPSA) is 155 Å². The Kier molecular flexibility index (Phi) is 49.1. The Bertz CT molecular complexity index is 1540. The highest BCUT2D eigenvalue weighted by Gasteiger charge is 2.28.